The fourth-order valence-electron chi connectivity index (χ4n) is 1.72. The van der Waals surface area contributed by atoms with Crippen LogP contribution in [0.25, 0.3) is 0 Å². The first-order chi connectivity index (χ1) is 4.97. The molecule has 0 bridgehead atoms. The Morgan fingerprint density at radius 2 is 2.18 bits per heavy atom. The fraction of sp³-hybridized carbons (Fsp3) is 1.00. The Labute approximate surface area is 69.2 Å². The second-order valence-corrected chi connectivity index (χ2v) is 4.44. The van der Waals surface area contributed by atoms with Gasteiger partial charge in [-0.05, 0) is 32.7 Å². The van der Waals surface area contributed by atoms with E-state index in [1.54, 1.807) is 0 Å². The molecule has 1 rings (SSSR count). The summed E-state index contributed by atoms with van der Waals surface area (Å²) >= 11 is 0. The topological polar surface area (TPSA) is 23.5 Å². The summed E-state index contributed by atoms with van der Waals surface area (Å²) in [6.07, 6.45) is 1.29. The zero-order valence-corrected chi connectivity index (χ0v) is 7.80. The molecule has 66 valence electrons. The summed E-state index contributed by atoms with van der Waals surface area (Å²) in [4.78, 5) is 2.34. The number of aliphatic hydroxyl groups is 1. The normalized spacial score (nSPS) is 27.8. The van der Waals surface area contributed by atoms with E-state index in [0.29, 0.717) is 0 Å². The number of hydrogen-bond acceptors (Lipinski definition) is 2. The predicted octanol–water partition coefficient (Wildman–Crippen LogP) is 1.10. The van der Waals surface area contributed by atoms with Crippen LogP contribution in [0.3, 0.4) is 0 Å². The van der Waals surface area contributed by atoms with E-state index < -0.39 is 5.60 Å². The maximum Gasteiger partial charge on any atom is 0.0718 e. The predicted molar refractivity (Wildman–Crippen MR) is 46.5 cm³/mol. The Morgan fingerprint density at radius 1 is 1.55 bits per heavy atom. The Hall–Kier alpha value is -0.0800. The van der Waals surface area contributed by atoms with Crippen molar-refractivity contribution in [3.63, 3.8) is 0 Å². The van der Waals surface area contributed by atoms with Crippen LogP contribution in [0.5, 0.6) is 0 Å². The monoisotopic (exact) mass is 157 g/mol. The minimum absolute atomic E-state index is 0.524. The summed E-state index contributed by atoms with van der Waals surface area (Å²) in [7, 11) is 0. The number of likely N-dealkylation sites (tertiary alicyclic amines) is 1. The van der Waals surface area contributed by atoms with Gasteiger partial charge in [0.1, 0.15) is 0 Å². The number of hydrogen-bond donors (Lipinski definition) is 1. The molecule has 2 nitrogen and oxygen atoms in total. The van der Waals surface area contributed by atoms with Crippen LogP contribution in [-0.2, 0) is 0 Å². The second kappa shape index (κ2) is 3.11. The molecule has 1 heterocycles. The summed E-state index contributed by atoms with van der Waals surface area (Å²) in [5, 5.41) is 9.52. The van der Waals surface area contributed by atoms with Gasteiger partial charge in [0.15, 0.2) is 0 Å². The highest BCUT2D eigenvalue weighted by Gasteiger charge is 2.23. The SMILES string of the molecule is CC1CCN(CC(C)(C)O)C1. The number of rotatable bonds is 2. The molecule has 0 aromatic rings. The van der Waals surface area contributed by atoms with Gasteiger partial charge in [-0.2, -0.15) is 0 Å². The quantitative estimate of drug-likeness (QED) is 0.649. The standard InChI is InChI=1S/C9H19NO/c1-8-4-5-10(6-8)7-9(2,3)11/h8,11H,4-7H2,1-3H3. The van der Waals surface area contributed by atoms with Crippen molar-refractivity contribution in [3.05, 3.63) is 0 Å². The van der Waals surface area contributed by atoms with Gasteiger partial charge in [0, 0.05) is 13.1 Å². The van der Waals surface area contributed by atoms with Gasteiger partial charge < -0.3 is 10.0 Å². The molecule has 1 fully saturated rings. The highest BCUT2D eigenvalue weighted by molar-refractivity contribution is 4.78. The lowest BCUT2D eigenvalue weighted by molar-refractivity contribution is 0.0430. The first-order valence-electron chi connectivity index (χ1n) is 4.42. The summed E-state index contributed by atoms with van der Waals surface area (Å²) in [6.45, 7) is 9.14. The summed E-state index contributed by atoms with van der Waals surface area (Å²) < 4.78 is 0. The van der Waals surface area contributed by atoms with Crippen LogP contribution < -0.4 is 0 Å². The maximum atomic E-state index is 9.52. The number of nitrogens with zero attached hydrogens (tertiary/aromatic N) is 1. The van der Waals surface area contributed by atoms with Crippen LogP contribution >= 0.6 is 0 Å². The highest BCUT2D eigenvalue weighted by Crippen LogP contribution is 2.17. The van der Waals surface area contributed by atoms with E-state index in [1.165, 1.54) is 6.42 Å². The van der Waals surface area contributed by atoms with Gasteiger partial charge in [-0.3, -0.25) is 0 Å². The third-order valence-corrected chi connectivity index (χ3v) is 2.12. The molecule has 1 N–H and O–H groups in total. The van der Waals surface area contributed by atoms with E-state index in [4.69, 9.17) is 0 Å². The van der Waals surface area contributed by atoms with Crippen molar-refractivity contribution < 1.29 is 5.11 Å². The van der Waals surface area contributed by atoms with Crippen LogP contribution in [0.2, 0.25) is 0 Å². The van der Waals surface area contributed by atoms with Crippen LogP contribution in [0.15, 0.2) is 0 Å². The largest absolute Gasteiger partial charge is 0.389 e. The van der Waals surface area contributed by atoms with Crippen molar-refractivity contribution in [2.24, 2.45) is 5.92 Å². The smallest absolute Gasteiger partial charge is 0.0718 e. The molecule has 0 aromatic carbocycles. The lowest BCUT2D eigenvalue weighted by atomic mass is 10.1. The molecule has 0 amide bonds. The molecule has 11 heavy (non-hydrogen) atoms. The van der Waals surface area contributed by atoms with Crippen molar-refractivity contribution >= 4 is 0 Å². The third kappa shape index (κ3) is 3.21. The van der Waals surface area contributed by atoms with Crippen LogP contribution in [0.1, 0.15) is 27.2 Å². The average molecular weight is 157 g/mol. The van der Waals surface area contributed by atoms with Gasteiger partial charge in [0.25, 0.3) is 0 Å². The van der Waals surface area contributed by atoms with E-state index in [2.05, 4.69) is 11.8 Å². The summed E-state index contributed by atoms with van der Waals surface area (Å²) in [5.74, 6) is 0.817. The number of β-amino-alcohol motifs (C(OH)–C–C–N with tert-alkyl or cyclic N) is 1. The van der Waals surface area contributed by atoms with Gasteiger partial charge >= 0.3 is 0 Å². The van der Waals surface area contributed by atoms with E-state index in [0.717, 1.165) is 25.6 Å². The van der Waals surface area contributed by atoms with E-state index in [-0.39, 0.29) is 0 Å². The molecule has 1 saturated heterocycles. The van der Waals surface area contributed by atoms with E-state index in [9.17, 15) is 5.11 Å². The zero-order chi connectivity index (χ0) is 8.48. The zero-order valence-electron chi connectivity index (χ0n) is 7.80. The Balaban J connectivity index is 2.29. The molecule has 0 saturated carbocycles. The summed E-state index contributed by atoms with van der Waals surface area (Å²) in [5.41, 5.74) is -0.524. The van der Waals surface area contributed by atoms with Gasteiger partial charge in [-0.15, -0.1) is 0 Å². The molecular formula is C9H19NO. The second-order valence-electron chi connectivity index (χ2n) is 4.44. The molecule has 1 atom stereocenters. The molecule has 2 heteroatoms. The van der Waals surface area contributed by atoms with Gasteiger partial charge in [0.2, 0.25) is 0 Å². The molecule has 0 spiro atoms. The van der Waals surface area contributed by atoms with Gasteiger partial charge in [0.05, 0.1) is 5.60 Å². The lowest BCUT2D eigenvalue weighted by Gasteiger charge is -2.24. The average Bonchev–Trinajstić information content (AvgIpc) is 2.10. The molecule has 0 radical (unpaired) electrons. The van der Waals surface area contributed by atoms with E-state index in [1.807, 2.05) is 13.8 Å². The molecule has 1 unspecified atom stereocenters. The maximum absolute atomic E-state index is 9.52. The molecule has 0 aromatic heterocycles. The first-order valence-corrected chi connectivity index (χ1v) is 4.42. The molecule has 1 aliphatic heterocycles. The van der Waals surface area contributed by atoms with Crippen molar-refractivity contribution in [1.82, 2.24) is 4.90 Å². The van der Waals surface area contributed by atoms with Crippen LogP contribution in [0.4, 0.5) is 0 Å². The van der Waals surface area contributed by atoms with Crippen molar-refractivity contribution in [2.75, 3.05) is 19.6 Å². The van der Waals surface area contributed by atoms with Crippen LogP contribution in [-0.4, -0.2) is 35.2 Å². The molecular weight excluding hydrogens is 138 g/mol. The minimum Gasteiger partial charge on any atom is -0.389 e. The molecule has 1 aliphatic rings. The molecule has 0 aliphatic carbocycles. The fourth-order valence-corrected chi connectivity index (χ4v) is 1.72. The first kappa shape index (κ1) is 9.01. The summed E-state index contributed by atoms with van der Waals surface area (Å²) in [6, 6.07) is 0. The van der Waals surface area contributed by atoms with E-state index >= 15 is 0 Å². The van der Waals surface area contributed by atoms with Gasteiger partial charge in [-0.25, -0.2) is 0 Å². The Morgan fingerprint density at radius 3 is 2.55 bits per heavy atom. The minimum atomic E-state index is -0.524. The lowest BCUT2D eigenvalue weighted by Crippen LogP contribution is -2.37. The van der Waals surface area contributed by atoms with Crippen molar-refractivity contribution in [3.8, 4) is 0 Å². The Bertz CT molecular complexity index is 128. The highest BCUT2D eigenvalue weighted by atomic mass is 16.3. The third-order valence-electron chi connectivity index (χ3n) is 2.12. The van der Waals surface area contributed by atoms with Crippen molar-refractivity contribution in [2.45, 2.75) is 32.8 Å². The van der Waals surface area contributed by atoms with Gasteiger partial charge in [-0.1, -0.05) is 6.92 Å². The van der Waals surface area contributed by atoms with Crippen LogP contribution in [0, 0.1) is 5.92 Å². The van der Waals surface area contributed by atoms with Crippen molar-refractivity contribution in [1.29, 1.82) is 0 Å². The Kier molecular flexibility index (Phi) is 2.55.